The number of carbonyl (C=O) groups excluding carboxylic acids is 1. The van der Waals surface area contributed by atoms with E-state index < -0.39 is 0 Å². The molecule has 1 aliphatic carbocycles. The van der Waals surface area contributed by atoms with E-state index in [2.05, 4.69) is 32.7 Å². The van der Waals surface area contributed by atoms with E-state index in [1.807, 2.05) is 19.2 Å². The first-order valence-corrected chi connectivity index (χ1v) is 11.8. The number of benzene rings is 1. The van der Waals surface area contributed by atoms with E-state index in [0.29, 0.717) is 13.2 Å². The van der Waals surface area contributed by atoms with Crippen LogP contribution in [0.25, 0.3) is 0 Å². The number of hydrogen-bond donors (Lipinski definition) is 2. The Hall–Kier alpha value is -1.39. The van der Waals surface area contributed by atoms with Crippen LogP contribution in [0.1, 0.15) is 50.5 Å². The maximum absolute atomic E-state index is 12.6. The summed E-state index contributed by atoms with van der Waals surface area (Å²) < 4.78 is 11.8. The van der Waals surface area contributed by atoms with Gasteiger partial charge in [0.2, 0.25) is 5.91 Å². The van der Waals surface area contributed by atoms with Gasteiger partial charge in [0.1, 0.15) is 6.10 Å². The summed E-state index contributed by atoms with van der Waals surface area (Å²) in [5.74, 6) is 1.20. The first-order chi connectivity index (χ1) is 15.2. The largest absolute Gasteiger partial charge is 0.375 e. The molecule has 1 aromatic carbocycles. The predicted octanol–water partition coefficient (Wildman–Crippen LogP) is 3.78. The van der Waals surface area contributed by atoms with Crippen LogP contribution < -0.4 is 10.6 Å². The number of guanidine groups is 1. The number of anilines is 1. The molecule has 1 amide bonds. The van der Waals surface area contributed by atoms with Crippen LogP contribution in [0.5, 0.6) is 0 Å². The lowest BCUT2D eigenvalue weighted by molar-refractivity contribution is -0.120. The number of rotatable bonds is 5. The molecule has 0 bridgehead atoms. The summed E-state index contributed by atoms with van der Waals surface area (Å²) in [5, 5.41) is 6.59. The third kappa shape index (κ3) is 6.81. The number of nitrogens with zero attached hydrogens (tertiary/aromatic N) is 2. The van der Waals surface area contributed by atoms with Gasteiger partial charge in [-0.05, 0) is 43.4 Å². The highest BCUT2D eigenvalue weighted by molar-refractivity contribution is 14.0. The molecule has 2 aliphatic heterocycles. The Balaban J connectivity index is 0.00000289. The number of halogens is 1. The molecule has 2 heterocycles. The Morgan fingerprint density at radius 1 is 1.09 bits per heavy atom. The van der Waals surface area contributed by atoms with Gasteiger partial charge in [0.05, 0.1) is 12.7 Å². The number of nitrogens with one attached hydrogen (secondary N) is 2. The Morgan fingerprint density at radius 2 is 1.91 bits per heavy atom. The zero-order chi connectivity index (χ0) is 21.5. The number of carbonyl (C=O) groups is 1. The second-order valence-electron chi connectivity index (χ2n) is 8.83. The molecule has 1 aromatic rings. The van der Waals surface area contributed by atoms with Crippen molar-refractivity contribution in [1.82, 2.24) is 10.2 Å². The van der Waals surface area contributed by atoms with Crippen molar-refractivity contribution in [3.8, 4) is 0 Å². The van der Waals surface area contributed by atoms with Crippen LogP contribution in [0.4, 0.5) is 5.69 Å². The summed E-state index contributed by atoms with van der Waals surface area (Å²) in [4.78, 5) is 19.3. The molecule has 0 aromatic heterocycles. The van der Waals surface area contributed by atoms with Gasteiger partial charge in [0, 0.05) is 44.9 Å². The van der Waals surface area contributed by atoms with Crippen molar-refractivity contribution < 1.29 is 14.3 Å². The van der Waals surface area contributed by atoms with Gasteiger partial charge in [-0.1, -0.05) is 31.4 Å². The molecule has 3 fully saturated rings. The standard InChI is InChI=1S/C24H36N4O3.HI/c1-25-24(28-12-14-31-22(17-28)21-11-6-13-30-21)26-16-18-7-5-10-20(15-18)27-23(29)19-8-3-2-4-9-19;/h5,7,10,15,19,21-22H,2-4,6,8-9,11-14,16-17H2,1H3,(H,25,26)(H,27,29);1H. The SMILES string of the molecule is CN=C(NCc1cccc(NC(=O)C2CCCCC2)c1)N1CCOC(C2CCCO2)C1.I. The zero-order valence-corrected chi connectivity index (χ0v) is 21.4. The highest BCUT2D eigenvalue weighted by atomic mass is 127. The van der Waals surface area contributed by atoms with Crippen molar-refractivity contribution in [3.05, 3.63) is 29.8 Å². The fourth-order valence-corrected chi connectivity index (χ4v) is 4.87. The van der Waals surface area contributed by atoms with Crippen molar-refractivity contribution in [3.63, 3.8) is 0 Å². The van der Waals surface area contributed by atoms with Crippen molar-refractivity contribution in [1.29, 1.82) is 0 Å². The van der Waals surface area contributed by atoms with E-state index in [1.165, 1.54) is 6.42 Å². The third-order valence-corrected chi connectivity index (χ3v) is 6.61. The summed E-state index contributed by atoms with van der Waals surface area (Å²) in [6.45, 7) is 3.79. The Kier molecular flexibility index (Phi) is 10.1. The maximum atomic E-state index is 12.6. The molecule has 7 nitrogen and oxygen atoms in total. The zero-order valence-electron chi connectivity index (χ0n) is 19.1. The first kappa shape index (κ1) is 25.2. The summed E-state index contributed by atoms with van der Waals surface area (Å²) in [5.41, 5.74) is 1.99. The summed E-state index contributed by atoms with van der Waals surface area (Å²) >= 11 is 0. The minimum atomic E-state index is 0. The monoisotopic (exact) mass is 556 g/mol. The summed E-state index contributed by atoms with van der Waals surface area (Å²) in [6, 6.07) is 8.09. The molecule has 178 valence electrons. The fraction of sp³-hybridized carbons (Fsp3) is 0.667. The third-order valence-electron chi connectivity index (χ3n) is 6.61. The molecule has 2 atom stereocenters. The molecule has 2 saturated heterocycles. The molecule has 0 radical (unpaired) electrons. The van der Waals surface area contributed by atoms with E-state index in [0.717, 1.165) is 75.4 Å². The number of morpholine rings is 1. The minimum absolute atomic E-state index is 0. The van der Waals surface area contributed by atoms with Gasteiger partial charge in [-0.2, -0.15) is 0 Å². The van der Waals surface area contributed by atoms with Crippen LogP contribution in [-0.4, -0.2) is 62.3 Å². The topological polar surface area (TPSA) is 75.2 Å². The minimum Gasteiger partial charge on any atom is -0.375 e. The van der Waals surface area contributed by atoms with Crippen molar-refractivity contribution >= 4 is 41.5 Å². The van der Waals surface area contributed by atoms with Crippen LogP contribution in [-0.2, 0) is 20.8 Å². The lowest BCUT2D eigenvalue weighted by Gasteiger charge is -2.37. The van der Waals surface area contributed by atoms with Crippen LogP contribution in [0.2, 0.25) is 0 Å². The van der Waals surface area contributed by atoms with Gasteiger partial charge in [-0.15, -0.1) is 24.0 Å². The number of ether oxygens (including phenoxy) is 2. The Bertz CT molecular complexity index is 763. The van der Waals surface area contributed by atoms with Gasteiger partial charge >= 0.3 is 0 Å². The van der Waals surface area contributed by atoms with E-state index in [9.17, 15) is 4.79 Å². The van der Waals surface area contributed by atoms with Gasteiger partial charge in [0.15, 0.2) is 5.96 Å². The number of aliphatic imine (C=N–C) groups is 1. The Labute approximate surface area is 208 Å². The summed E-state index contributed by atoms with van der Waals surface area (Å²) in [6.07, 6.45) is 8.09. The average Bonchev–Trinajstić information content (AvgIpc) is 3.36. The van der Waals surface area contributed by atoms with E-state index in [-0.39, 0.29) is 48.0 Å². The highest BCUT2D eigenvalue weighted by Crippen LogP contribution is 2.25. The van der Waals surface area contributed by atoms with E-state index in [4.69, 9.17) is 9.47 Å². The lowest BCUT2D eigenvalue weighted by Crippen LogP contribution is -2.53. The van der Waals surface area contributed by atoms with Crippen molar-refractivity contribution in [2.24, 2.45) is 10.9 Å². The van der Waals surface area contributed by atoms with Gasteiger partial charge < -0.3 is 25.0 Å². The van der Waals surface area contributed by atoms with Crippen molar-refractivity contribution in [2.45, 2.75) is 63.7 Å². The molecule has 3 aliphatic rings. The normalized spacial score (nSPS) is 24.7. The molecule has 32 heavy (non-hydrogen) atoms. The van der Waals surface area contributed by atoms with Crippen molar-refractivity contribution in [2.75, 3.05) is 38.7 Å². The predicted molar refractivity (Wildman–Crippen MR) is 138 cm³/mol. The lowest BCUT2D eigenvalue weighted by atomic mass is 9.88. The van der Waals surface area contributed by atoms with Crippen LogP contribution in [0, 0.1) is 5.92 Å². The Morgan fingerprint density at radius 3 is 2.66 bits per heavy atom. The molecule has 4 rings (SSSR count). The van der Waals surface area contributed by atoms with Crippen LogP contribution in [0.3, 0.4) is 0 Å². The number of amides is 1. The first-order valence-electron chi connectivity index (χ1n) is 11.8. The quantitative estimate of drug-likeness (QED) is 0.328. The smallest absolute Gasteiger partial charge is 0.227 e. The summed E-state index contributed by atoms with van der Waals surface area (Å²) in [7, 11) is 1.82. The average molecular weight is 556 g/mol. The fourth-order valence-electron chi connectivity index (χ4n) is 4.87. The maximum Gasteiger partial charge on any atom is 0.227 e. The highest BCUT2D eigenvalue weighted by Gasteiger charge is 2.32. The molecule has 0 spiro atoms. The van der Waals surface area contributed by atoms with Gasteiger partial charge in [0.25, 0.3) is 0 Å². The number of hydrogen-bond acceptors (Lipinski definition) is 4. The van der Waals surface area contributed by atoms with Crippen LogP contribution in [0.15, 0.2) is 29.3 Å². The van der Waals surface area contributed by atoms with Crippen LogP contribution >= 0.6 is 24.0 Å². The molecular weight excluding hydrogens is 519 g/mol. The van der Waals surface area contributed by atoms with E-state index >= 15 is 0 Å². The molecule has 2 unspecified atom stereocenters. The second-order valence-corrected chi connectivity index (χ2v) is 8.83. The molecule has 2 N–H and O–H groups in total. The van der Waals surface area contributed by atoms with E-state index in [1.54, 1.807) is 0 Å². The second kappa shape index (κ2) is 12.7. The van der Waals surface area contributed by atoms with Gasteiger partial charge in [-0.25, -0.2) is 0 Å². The molecular formula is C24H37IN4O3. The molecule has 8 heteroatoms. The molecule has 1 saturated carbocycles. The van der Waals surface area contributed by atoms with Gasteiger partial charge in [-0.3, -0.25) is 9.79 Å².